The molecular weight excluding hydrogens is 456 g/mol. The number of likely N-dealkylation sites (tertiary alicyclic amines) is 1. The molecule has 1 N–H and O–H groups in total. The molecule has 2 amide bonds. The van der Waals surface area contributed by atoms with Crippen LogP contribution in [0.25, 0.3) is 0 Å². The van der Waals surface area contributed by atoms with Crippen molar-refractivity contribution in [2.75, 3.05) is 51.8 Å². The highest BCUT2D eigenvalue weighted by Gasteiger charge is 2.57. The van der Waals surface area contributed by atoms with E-state index in [9.17, 15) is 14.7 Å². The Morgan fingerprint density at radius 2 is 1.67 bits per heavy atom. The molecule has 2 aliphatic heterocycles. The zero-order valence-electron chi connectivity index (χ0n) is 21.8. The number of hydrogen-bond donors (Lipinski definition) is 1. The van der Waals surface area contributed by atoms with Gasteiger partial charge in [-0.15, -0.1) is 0 Å². The fraction of sp³-hybridized carbons (Fsp3) is 0.500. The maximum Gasteiger partial charge on any atom is 0.407 e. The SMILES string of the molecule is CCN(CC)c1ccc(C2N(CCc3ccc(OC)cc3)C(=O)C3(CCN(C(=O)O)CC3)N2C)cc1. The second-order valence-corrected chi connectivity index (χ2v) is 9.65. The van der Waals surface area contributed by atoms with E-state index in [-0.39, 0.29) is 12.1 Å². The second kappa shape index (κ2) is 10.8. The van der Waals surface area contributed by atoms with Gasteiger partial charge in [0.15, 0.2) is 0 Å². The minimum Gasteiger partial charge on any atom is -0.497 e. The first-order valence-corrected chi connectivity index (χ1v) is 12.8. The maximum absolute atomic E-state index is 14.0. The van der Waals surface area contributed by atoms with Gasteiger partial charge >= 0.3 is 6.09 Å². The number of piperidine rings is 1. The van der Waals surface area contributed by atoms with Crippen molar-refractivity contribution in [3.8, 4) is 5.75 Å². The Morgan fingerprint density at radius 3 is 2.19 bits per heavy atom. The molecular formula is C28H38N4O4. The molecule has 0 aliphatic carbocycles. The largest absolute Gasteiger partial charge is 0.497 e. The summed E-state index contributed by atoms with van der Waals surface area (Å²) in [4.78, 5) is 33.5. The van der Waals surface area contributed by atoms with E-state index >= 15 is 0 Å². The van der Waals surface area contributed by atoms with E-state index in [1.54, 1.807) is 7.11 Å². The molecule has 2 aromatic carbocycles. The fourth-order valence-corrected chi connectivity index (χ4v) is 5.72. The van der Waals surface area contributed by atoms with Gasteiger partial charge in [0.05, 0.1) is 7.11 Å². The van der Waals surface area contributed by atoms with E-state index in [1.807, 2.05) is 36.2 Å². The van der Waals surface area contributed by atoms with Gasteiger partial charge in [-0.25, -0.2) is 4.79 Å². The van der Waals surface area contributed by atoms with Crippen molar-refractivity contribution in [2.24, 2.45) is 0 Å². The molecule has 0 saturated carbocycles. The number of carbonyl (C=O) groups excluding carboxylic acids is 1. The number of anilines is 1. The summed E-state index contributed by atoms with van der Waals surface area (Å²) in [6.07, 6.45) is 0.619. The van der Waals surface area contributed by atoms with Gasteiger partial charge in [0.1, 0.15) is 17.5 Å². The molecule has 0 bridgehead atoms. The van der Waals surface area contributed by atoms with Crippen LogP contribution in [-0.2, 0) is 11.2 Å². The highest BCUT2D eigenvalue weighted by atomic mass is 16.5. The number of ether oxygens (including phenoxy) is 1. The number of carboxylic acid groups (broad SMARTS) is 1. The van der Waals surface area contributed by atoms with Gasteiger partial charge in [0.2, 0.25) is 5.91 Å². The average Bonchev–Trinajstić information content (AvgIpc) is 3.10. The molecule has 194 valence electrons. The van der Waals surface area contributed by atoms with Crippen LogP contribution in [0.15, 0.2) is 48.5 Å². The molecule has 4 rings (SSSR count). The Morgan fingerprint density at radius 1 is 1.06 bits per heavy atom. The average molecular weight is 495 g/mol. The standard InChI is InChI=1S/C28H38N4O4/c1-5-30(6-2)23-11-9-22(10-12-23)25-29(3)28(16-19-31(20-17-28)27(34)35)26(33)32(25)18-15-21-7-13-24(36-4)14-8-21/h7-14,25H,5-6,15-20H2,1-4H3,(H,34,35). The molecule has 2 aliphatic rings. The lowest BCUT2D eigenvalue weighted by molar-refractivity contribution is -0.135. The molecule has 0 radical (unpaired) electrons. The van der Waals surface area contributed by atoms with Gasteiger partial charge < -0.3 is 24.5 Å². The normalized spacial score (nSPS) is 19.7. The summed E-state index contributed by atoms with van der Waals surface area (Å²) < 4.78 is 5.28. The lowest BCUT2D eigenvalue weighted by Gasteiger charge is -2.41. The molecule has 36 heavy (non-hydrogen) atoms. The summed E-state index contributed by atoms with van der Waals surface area (Å²) in [7, 11) is 3.67. The first kappa shape index (κ1) is 25.8. The molecule has 1 atom stereocenters. The van der Waals surface area contributed by atoms with Gasteiger partial charge in [-0.05, 0) is 75.5 Å². The van der Waals surface area contributed by atoms with Crippen LogP contribution in [0.1, 0.15) is 44.0 Å². The van der Waals surface area contributed by atoms with E-state index in [4.69, 9.17) is 4.74 Å². The third-order valence-corrected chi connectivity index (χ3v) is 7.98. The monoisotopic (exact) mass is 494 g/mol. The molecule has 2 heterocycles. The number of nitrogens with zero attached hydrogens (tertiary/aromatic N) is 4. The van der Waals surface area contributed by atoms with Crippen molar-refractivity contribution in [3.63, 3.8) is 0 Å². The van der Waals surface area contributed by atoms with Crippen molar-refractivity contribution >= 4 is 17.7 Å². The lowest BCUT2D eigenvalue weighted by atomic mass is 9.86. The topological polar surface area (TPSA) is 76.6 Å². The zero-order valence-corrected chi connectivity index (χ0v) is 21.8. The lowest BCUT2D eigenvalue weighted by Crippen LogP contribution is -2.56. The van der Waals surface area contributed by atoms with Crippen LogP contribution in [0.2, 0.25) is 0 Å². The summed E-state index contributed by atoms with van der Waals surface area (Å²) in [6.45, 7) is 7.49. The third kappa shape index (κ3) is 4.74. The number of hydrogen-bond acceptors (Lipinski definition) is 5. The van der Waals surface area contributed by atoms with Gasteiger partial charge in [-0.1, -0.05) is 24.3 Å². The first-order valence-electron chi connectivity index (χ1n) is 12.8. The maximum atomic E-state index is 14.0. The van der Waals surface area contributed by atoms with Crippen molar-refractivity contribution in [3.05, 3.63) is 59.7 Å². The van der Waals surface area contributed by atoms with Gasteiger partial charge in [0, 0.05) is 38.4 Å². The third-order valence-electron chi connectivity index (χ3n) is 7.98. The summed E-state index contributed by atoms with van der Waals surface area (Å²) in [5.74, 6) is 0.910. The van der Waals surface area contributed by atoms with E-state index in [0.29, 0.717) is 32.5 Å². The van der Waals surface area contributed by atoms with Gasteiger partial charge in [-0.2, -0.15) is 0 Å². The Bertz CT molecular complexity index is 1040. The number of rotatable bonds is 8. The molecule has 2 saturated heterocycles. The fourth-order valence-electron chi connectivity index (χ4n) is 5.72. The molecule has 2 aromatic rings. The van der Waals surface area contributed by atoms with Gasteiger partial charge in [0.25, 0.3) is 0 Å². The Hall–Kier alpha value is -3.26. The predicted octanol–water partition coefficient (Wildman–Crippen LogP) is 4.07. The predicted molar refractivity (Wildman–Crippen MR) is 140 cm³/mol. The quantitative estimate of drug-likeness (QED) is 0.596. The molecule has 8 nitrogen and oxygen atoms in total. The van der Waals surface area contributed by atoms with Crippen LogP contribution in [0, 0.1) is 0 Å². The Labute approximate surface area is 214 Å². The van der Waals surface area contributed by atoms with Crippen LogP contribution in [0.4, 0.5) is 10.5 Å². The van der Waals surface area contributed by atoms with Crippen LogP contribution in [0.5, 0.6) is 5.75 Å². The summed E-state index contributed by atoms with van der Waals surface area (Å²) >= 11 is 0. The molecule has 1 unspecified atom stereocenters. The zero-order chi connectivity index (χ0) is 25.9. The number of methoxy groups -OCH3 is 1. The van der Waals surface area contributed by atoms with Gasteiger partial charge in [-0.3, -0.25) is 9.69 Å². The number of benzene rings is 2. The van der Waals surface area contributed by atoms with Crippen molar-refractivity contribution in [1.29, 1.82) is 0 Å². The van der Waals surface area contributed by atoms with E-state index in [2.05, 4.69) is 47.9 Å². The summed E-state index contributed by atoms with van der Waals surface area (Å²) in [5, 5.41) is 9.45. The van der Waals surface area contributed by atoms with Crippen LogP contribution in [0.3, 0.4) is 0 Å². The summed E-state index contributed by atoms with van der Waals surface area (Å²) in [5.41, 5.74) is 2.70. The minimum atomic E-state index is -0.919. The minimum absolute atomic E-state index is 0.0985. The summed E-state index contributed by atoms with van der Waals surface area (Å²) in [6, 6.07) is 16.5. The Kier molecular flexibility index (Phi) is 7.73. The van der Waals surface area contributed by atoms with Crippen molar-refractivity contribution in [1.82, 2.24) is 14.7 Å². The second-order valence-electron chi connectivity index (χ2n) is 9.65. The molecule has 8 heteroatoms. The van der Waals surface area contributed by atoms with E-state index < -0.39 is 11.6 Å². The van der Waals surface area contributed by atoms with Crippen LogP contribution < -0.4 is 9.64 Å². The van der Waals surface area contributed by atoms with E-state index in [1.165, 1.54) is 10.6 Å². The first-order chi connectivity index (χ1) is 17.3. The number of likely N-dealkylation sites (N-methyl/N-ethyl adjacent to an activating group) is 1. The van der Waals surface area contributed by atoms with Crippen molar-refractivity contribution in [2.45, 2.75) is 44.8 Å². The molecule has 1 spiro atoms. The van der Waals surface area contributed by atoms with Crippen LogP contribution in [-0.4, -0.2) is 84.2 Å². The van der Waals surface area contributed by atoms with E-state index in [0.717, 1.165) is 36.4 Å². The highest BCUT2D eigenvalue weighted by molar-refractivity contribution is 5.89. The Balaban J connectivity index is 1.62. The van der Waals surface area contributed by atoms with Crippen LogP contribution >= 0.6 is 0 Å². The van der Waals surface area contributed by atoms with Crippen molar-refractivity contribution < 1.29 is 19.4 Å². The highest BCUT2D eigenvalue weighted by Crippen LogP contribution is 2.45. The molecule has 2 fully saturated rings. The molecule has 0 aromatic heterocycles. The smallest absolute Gasteiger partial charge is 0.407 e. The number of carbonyl (C=O) groups is 2. The number of amides is 2.